The van der Waals surface area contributed by atoms with Crippen LogP contribution in [-0.2, 0) is 45.1 Å². The van der Waals surface area contributed by atoms with E-state index in [0.717, 1.165) is 46.5 Å². The SMILES string of the molecule is COC(=O)c1cc(C[n+]2ccc(-c3cc[n+](CC[n+]4ccc(-c5cc[n+](Cc6cc(C(=O)OC)cc(C(=O)OC)c6)cc5)cc4)cc3)cc2)cc(C(=O)OC)c1. The molecule has 0 aliphatic heterocycles. The van der Waals surface area contributed by atoms with Gasteiger partial charge in [-0.1, -0.05) is 0 Å². The summed E-state index contributed by atoms with van der Waals surface area (Å²) in [4.78, 5) is 48.7. The largest absolute Gasteiger partial charge is 0.465 e. The van der Waals surface area contributed by atoms with Crippen LogP contribution in [0.4, 0.5) is 0 Å². The van der Waals surface area contributed by atoms with Crippen molar-refractivity contribution in [3.63, 3.8) is 0 Å². The highest BCUT2D eigenvalue weighted by Gasteiger charge is 2.18. The van der Waals surface area contributed by atoms with E-state index in [2.05, 4.69) is 58.2 Å². The molecule has 4 aromatic heterocycles. The minimum atomic E-state index is -0.521. The summed E-state index contributed by atoms with van der Waals surface area (Å²) in [7, 11) is 5.21. The van der Waals surface area contributed by atoms with E-state index >= 15 is 0 Å². The Kier molecular flexibility index (Phi) is 12.3. The summed E-state index contributed by atoms with van der Waals surface area (Å²) in [6, 6.07) is 26.3. The van der Waals surface area contributed by atoms with Gasteiger partial charge in [-0.15, -0.1) is 0 Å². The first-order chi connectivity index (χ1) is 27.2. The van der Waals surface area contributed by atoms with Gasteiger partial charge >= 0.3 is 23.9 Å². The van der Waals surface area contributed by atoms with Gasteiger partial charge in [-0.05, 0) is 58.7 Å². The summed E-state index contributed by atoms with van der Waals surface area (Å²) in [5.41, 5.74) is 6.96. The lowest BCUT2D eigenvalue weighted by molar-refractivity contribution is -0.778. The average molecular weight is 755 g/mol. The number of aromatic nitrogens is 4. The molecule has 12 nitrogen and oxygen atoms in total. The molecule has 0 fully saturated rings. The van der Waals surface area contributed by atoms with E-state index in [0.29, 0.717) is 13.1 Å². The van der Waals surface area contributed by atoms with Crippen molar-refractivity contribution in [3.05, 3.63) is 168 Å². The number of aryl methyl sites for hydroxylation is 2. The number of rotatable bonds is 13. The second-order valence-corrected chi connectivity index (χ2v) is 13.0. The molecule has 0 radical (unpaired) electrons. The number of methoxy groups -OCH3 is 4. The number of esters is 4. The maximum absolute atomic E-state index is 12.2. The Morgan fingerprint density at radius 2 is 0.607 bits per heavy atom. The van der Waals surface area contributed by atoms with E-state index in [1.54, 1.807) is 24.3 Å². The van der Waals surface area contributed by atoms with Crippen molar-refractivity contribution in [1.29, 1.82) is 0 Å². The van der Waals surface area contributed by atoms with Crippen LogP contribution in [0.25, 0.3) is 22.3 Å². The van der Waals surface area contributed by atoms with Crippen LogP contribution in [0.2, 0.25) is 0 Å². The lowest BCUT2D eigenvalue weighted by Crippen LogP contribution is -2.43. The molecule has 12 heteroatoms. The zero-order valence-corrected chi connectivity index (χ0v) is 31.6. The van der Waals surface area contributed by atoms with Crippen LogP contribution >= 0.6 is 0 Å². The van der Waals surface area contributed by atoms with Gasteiger partial charge in [0.1, 0.15) is 0 Å². The van der Waals surface area contributed by atoms with E-state index in [-0.39, 0.29) is 22.3 Å². The van der Waals surface area contributed by atoms with Gasteiger partial charge in [0.25, 0.3) is 0 Å². The van der Waals surface area contributed by atoms with Crippen LogP contribution in [-0.4, -0.2) is 52.3 Å². The number of hydrogen-bond acceptors (Lipinski definition) is 8. The van der Waals surface area contributed by atoms with Crippen LogP contribution in [0.1, 0.15) is 52.6 Å². The van der Waals surface area contributed by atoms with E-state index in [1.807, 2.05) is 58.2 Å². The molecule has 0 N–H and O–H groups in total. The minimum absolute atomic E-state index is 0.288. The lowest BCUT2D eigenvalue weighted by atomic mass is 10.0. The quantitative estimate of drug-likeness (QED) is 0.0983. The van der Waals surface area contributed by atoms with Gasteiger partial charge in [-0.2, -0.15) is 9.13 Å². The van der Waals surface area contributed by atoms with Gasteiger partial charge in [0.2, 0.25) is 13.1 Å². The van der Waals surface area contributed by atoms with Crippen LogP contribution in [0, 0.1) is 0 Å². The molecule has 0 unspecified atom stereocenters. The van der Waals surface area contributed by atoms with Crippen molar-refractivity contribution in [2.45, 2.75) is 26.2 Å². The minimum Gasteiger partial charge on any atom is -0.465 e. The average Bonchev–Trinajstić information content (AvgIpc) is 3.25. The first-order valence-electron chi connectivity index (χ1n) is 17.7. The third-order valence-electron chi connectivity index (χ3n) is 9.25. The van der Waals surface area contributed by atoms with E-state index in [4.69, 9.17) is 18.9 Å². The Bertz CT molecular complexity index is 2120. The molecule has 0 atom stereocenters. The molecule has 0 bridgehead atoms. The summed E-state index contributed by atoms with van der Waals surface area (Å²) < 4.78 is 27.7. The van der Waals surface area contributed by atoms with Gasteiger partial charge in [-0.25, -0.2) is 28.3 Å². The van der Waals surface area contributed by atoms with E-state index in [1.165, 1.54) is 40.6 Å². The molecule has 6 aromatic rings. The topological polar surface area (TPSA) is 121 Å². The fourth-order valence-electron chi connectivity index (χ4n) is 6.27. The fourth-order valence-corrected chi connectivity index (χ4v) is 6.27. The molecule has 0 aliphatic carbocycles. The molecular formula is C44H42N4O8+4. The Balaban J connectivity index is 1.04. The molecule has 0 saturated heterocycles. The standard InChI is InChI=1S/C44H42N4O8/c1-53-41(49)37-23-31(24-38(27-37)42(50)54-2)29-47-17-9-35(10-18-47)33-5-13-45(14-6-33)21-22-46-15-7-34(8-16-46)36-11-19-48(20-12-36)30-32-25-39(43(51)55-3)28-40(26-32)44(52)56-4/h5-20,23-28H,21-22,29-30H2,1-4H3/q+4. The summed E-state index contributed by atoms with van der Waals surface area (Å²) in [5, 5.41) is 0. The van der Waals surface area contributed by atoms with Gasteiger partial charge in [-0.3, -0.25) is 0 Å². The van der Waals surface area contributed by atoms with Crippen molar-refractivity contribution < 1.29 is 56.4 Å². The van der Waals surface area contributed by atoms with Crippen molar-refractivity contribution in [2.24, 2.45) is 0 Å². The van der Waals surface area contributed by atoms with Gasteiger partial charge in [0, 0.05) is 59.7 Å². The molecule has 0 aliphatic rings. The molecule has 6 rings (SSSR count). The van der Waals surface area contributed by atoms with Gasteiger partial charge in [0.05, 0.1) is 50.7 Å². The molecule has 0 spiro atoms. The molecule has 0 saturated carbocycles. The highest BCUT2D eigenvalue weighted by atomic mass is 16.5. The second-order valence-electron chi connectivity index (χ2n) is 13.0. The van der Waals surface area contributed by atoms with Crippen LogP contribution in [0.15, 0.2) is 135 Å². The Morgan fingerprint density at radius 1 is 0.375 bits per heavy atom. The third-order valence-corrected chi connectivity index (χ3v) is 9.25. The molecular weight excluding hydrogens is 713 g/mol. The molecule has 4 heterocycles. The third kappa shape index (κ3) is 9.52. The summed E-state index contributed by atoms with van der Waals surface area (Å²) in [5.74, 6) is -2.08. The number of pyridine rings is 4. The maximum Gasteiger partial charge on any atom is 0.337 e. The van der Waals surface area contributed by atoms with Gasteiger partial charge in [0.15, 0.2) is 62.7 Å². The number of nitrogens with zero attached hydrogens (tertiary/aromatic N) is 4. The van der Waals surface area contributed by atoms with Crippen molar-refractivity contribution in [1.82, 2.24) is 0 Å². The monoisotopic (exact) mass is 754 g/mol. The highest BCUT2D eigenvalue weighted by Crippen LogP contribution is 2.19. The van der Waals surface area contributed by atoms with Gasteiger partial charge < -0.3 is 18.9 Å². The Morgan fingerprint density at radius 3 is 0.839 bits per heavy atom. The molecule has 0 amide bonds. The number of benzene rings is 2. The Hall–Kier alpha value is -7.08. The predicted octanol–water partition coefficient (Wildman–Crippen LogP) is 4.11. The normalized spacial score (nSPS) is 10.7. The summed E-state index contributed by atoms with van der Waals surface area (Å²) >= 11 is 0. The maximum atomic E-state index is 12.2. The van der Waals surface area contributed by atoms with E-state index in [9.17, 15) is 19.2 Å². The van der Waals surface area contributed by atoms with E-state index < -0.39 is 23.9 Å². The zero-order valence-electron chi connectivity index (χ0n) is 31.6. The molecule has 56 heavy (non-hydrogen) atoms. The first kappa shape index (κ1) is 38.6. The number of ether oxygens (including phenoxy) is 4. The lowest BCUT2D eigenvalue weighted by Gasteiger charge is -2.07. The number of hydrogen-bond donors (Lipinski definition) is 0. The van der Waals surface area contributed by atoms with Crippen molar-refractivity contribution >= 4 is 23.9 Å². The van der Waals surface area contributed by atoms with Crippen LogP contribution in [0.3, 0.4) is 0 Å². The zero-order chi connectivity index (χ0) is 39.6. The van der Waals surface area contributed by atoms with Crippen molar-refractivity contribution in [3.8, 4) is 22.3 Å². The smallest absolute Gasteiger partial charge is 0.337 e. The molecule has 282 valence electrons. The number of carbonyl (C=O) groups is 4. The molecule has 2 aromatic carbocycles. The Labute approximate surface area is 324 Å². The van der Waals surface area contributed by atoms with Crippen molar-refractivity contribution in [2.75, 3.05) is 28.4 Å². The van der Waals surface area contributed by atoms with Crippen LogP contribution in [0.5, 0.6) is 0 Å². The predicted molar refractivity (Wildman–Crippen MR) is 201 cm³/mol. The number of carbonyl (C=O) groups excluding carboxylic acids is 4. The fraction of sp³-hybridized carbons (Fsp3) is 0.182. The summed E-state index contributed by atoms with van der Waals surface area (Å²) in [6.45, 7) is 2.48. The van der Waals surface area contributed by atoms with Crippen LogP contribution < -0.4 is 18.3 Å². The highest BCUT2D eigenvalue weighted by molar-refractivity contribution is 5.96. The second kappa shape index (κ2) is 17.8. The summed E-state index contributed by atoms with van der Waals surface area (Å²) in [6.07, 6.45) is 16.1. The first-order valence-corrected chi connectivity index (χ1v) is 17.7.